The third kappa shape index (κ3) is 1.79. The van der Waals surface area contributed by atoms with Gasteiger partial charge in [0.15, 0.2) is 11.5 Å². The fraction of sp³-hybridized carbons (Fsp3) is 0.333. The van der Waals surface area contributed by atoms with E-state index in [2.05, 4.69) is 20.5 Å². The normalized spacial score (nSPS) is 10.9. The molecule has 0 aliphatic rings. The number of fused-ring (bicyclic) bond motifs is 1. The molecule has 2 aromatic heterocycles. The lowest BCUT2D eigenvalue weighted by atomic mass is 10.3. The first-order valence-corrected chi connectivity index (χ1v) is 4.83. The van der Waals surface area contributed by atoms with Gasteiger partial charge in [0.2, 0.25) is 0 Å². The van der Waals surface area contributed by atoms with E-state index in [1.807, 2.05) is 13.8 Å². The van der Waals surface area contributed by atoms with Crippen molar-refractivity contribution in [2.24, 2.45) is 0 Å². The summed E-state index contributed by atoms with van der Waals surface area (Å²) in [5.74, 6) is 0.584. The second-order valence-corrected chi connectivity index (χ2v) is 3.72. The number of pyridine rings is 1. The quantitative estimate of drug-likeness (QED) is 0.607. The van der Waals surface area contributed by atoms with E-state index in [0.29, 0.717) is 16.9 Å². The lowest BCUT2D eigenvalue weighted by Gasteiger charge is -2.05. The topological polar surface area (TPSA) is 96.7 Å². The monoisotopic (exact) mass is 221 g/mol. The van der Waals surface area contributed by atoms with Gasteiger partial charge >= 0.3 is 0 Å². The van der Waals surface area contributed by atoms with Crippen molar-refractivity contribution in [1.29, 1.82) is 0 Å². The van der Waals surface area contributed by atoms with Crippen LogP contribution in [0.3, 0.4) is 0 Å². The Kier molecular flexibility index (Phi) is 2.43. The van der Waals surface area contributed by atoms with E-state index in [-0.39, 0.29) is 11.7 Å². The summed E-state index contributed by atoms with van der Waals surface area (Å²) in [6.07, 6.45) is 1.21. The minimum Gasteiger partial charge on any atom is -0.366 e. The summed E-state index contributed by atoms with van der Waals surface area (Å²) in [4.78, 5) is 14.1. The van der Waals surface area contributed by atoms with Gasteiger partial charge in [-0.15, -0.1) is 0 Å². The Hall–Kier alpha value is -2.18. The van der Waals surface area contributed by atoms with Crippen LogP contribution in [0.15, 0.2) is 12.3 Å². The SMILES string of the molecule is CC(C)Nc1n[nH]c2ncc([N+](=O)[O-])cc12. The molecule has 0 aliphatic heterocycles. The number of hydrogen-bond donors (Lipinski definition) is 2. The van der Waals surface area contributed by atoms with Crippen LogP contribution in [-0.4, -0.2) is 26.1 Å². The van der Waals surface area contributed by atoms with Crippen LogP contribution in [0, 0.1) is 10.1 Å². The molecule has 0 fully saturated rings. The fourth-order valence-corrected chi connectivity index (χ4v) is 1.38. The second kappa shape index (κ2) is 3.76. The van der Waals surface area contributed by atoms with Crippen LogP contribution in [0.2, 0.25) is 0 Å². The minimum absolute atomic E-state index is 0.0410. The molecule has 7 nitrogen and oxygen atoms in total. The Morgan fingerprint density at radius 3 is 2.94 bits per heavy atom. The lowest BCUT2D eigenvalue weighted by molar-refractivity contribution is -0.385. The first-order valence-electron chi connectivity index (χ1n) is 4.83. The predicted molar refractivity (Wildman–Crippen MR) is 59.3 cm³/mol. The molecule has 2 N–H and O–H groups in total. The lowest BCUT2D eigenvalue weighted by Crippen LogP contribution is -2.10. The maximum absolute atomic E-state index is 10.6. The summed E-state index contributed by atoms with van der Waals surface area (Å²) < 4.78 is 0. The summed E-state index contributed by atoms with van der Waals surface area (Å²) in [5, 5.41) is 21.1. The van der Waals surface area contributed by atoms with E-state index in [4.69, 9.17) is 0 Å². The van der Waals surface area contributed by atoms with Gasteiger partial charge < -0.3 is 5.32 Å². The maximum Gasteiger partial charge on any atom is 0.288 e. The Morgan fingerprint density at radius 1 is 1.56 bits per heavy atom. The molecule has 0 radical (unpaired) electrons. The summed E-state index contributed by atoms with van der Waals surface area (Å²) in [6, 6.07) is 1.65. The van der Waals surface area contributed by atoms with E-state index >= 15 is 0 Å². The van der Waals surface area contributed by atoms with Crippen molar-refractivity contribution in [1.82, 2.24) is 15.2 Å². The molecule has 0 saturated carbocycles. The van der Waals surface area contributed by atoms with Gasteiger partial charge in [-0.05, 0) is 13.8 Å². The highest BCUT2D eigenvalue weighted by Gasteiger charge is 2.13. The number of hydrogen-bond acceptors (Lipinski definition) is 5. The van der Waals surface area contributed by atoms with Crippen LogP contribution in [0.25, 0.3) is 11.0 Å². The van der Waals surface area contributed by atoms with Crippen molar-refractivity contribution < 1.29 is 4.92 Å². The van der Waals surface area contributed by atoms with Gasteiger partial charge in [-0.25, -0.2) is 4.98 Å². The van der Waals surface area contributed by atoms with E-state index in [9.17, 15) is 10.1 Å². The zero-order valence-electron chi connectivity index (χ0n) is 8.89. The number of aromatic nitrogens is 3. The van der Waals surface area contributed by atoms with Crippen molar-refractivity contribution in [3.63, 3.8) is 0 Å². The molecule has 7 heteroatoms. The average Bonchev–Trinajstić information content (AvgIpc) is 2.60. The molecule has 2 rings (SSSR count). The molecular weight excluding hydrogens is 210 g/mol. The zero-order valence-corrected chi connectivity index (χ0v) is 8.89. The van der Waals surface area contributed by atoms with E-state index in [1.165, 1.54) is 12.3 Å². The summed E-state index contributed by atoms with van der Waals surface area (Å²) in [5.41, 5.74) is 0.495. The van der Waals surface area contributed by atoms with Crippen molar-refractivity contribution in [2.75, 3.05) is 5.32 Å². The van der Waals surface area contributed by atoms with Gasteiger partial charge in [0.1, 0.15) is 6.20 Å². The van der Waals surface area contributed by atoms with Gasteiger partial charge in [-0.1, -0.05) is 0 Å². The highest BCUT2D eigenvalue weighted by molar-refractivity contribution is 5.88. The molecule has 0 atom stereocenters. The van der Waals surface area contributed by atoms with Gasteiger partial charge in [0.05, 0.1) is 10.3 Å². The van der Waals surface area contributed by atoms with E-state index in [1.54, 1.807) is 0 Å². The molecule has 0 aromatic carbocycles. The predicted octanol–water partition coefficient (Wildman–Crippen LogP) is 1.69. The molecule has 84 valence electrons. The van der Waals surface area contributed by atoms with E-state index in [0.717, 1.165) is 0 Å². The number of aromatic amines is 1. The van der Waals surface area contributed by atoms with Gasteiger partial charge in [0, 0.05) is 12.1 Å². The largest absolute Gasteiger partial charge is 0.366 e. The molecule has 0 amide bonds. The summed E-state index contributed by atoms with van der Waals surface area (Å²) >= 11 is 0. The molecule has 16 heavy (non-hydrogen) atoms. The highest BCUT2D eigenvalue weighted by atomic mass is 16.6. The fourth-order valence-electron chi connectivity index (χ4n) is 1.38. The van der Waals surface area contributed by atoms with Crippen molar-refractivity contribution in [2.45, 2.75) is 19.9 Å². The van der Waals surface area contributed by atoms with Crippen molar-refractivity contribution >= 4 is 22.5 Å². The number of nitrogens with zero attached hydrogens (tertiary/aromatic N) is 3. The first kappa shape index (κ1) is 10.3. The van der Waals surface area contributed by atoms with Crippen LogP contribution in [0.1, 0.15) is 13.8 Å². The average molecular weight is 221 g/mol. The molecular formula is C9H11N5O2. The third-order valence-corrected chi connectivity index (χ3v) is 2.04. The van der Waals surface area contributed by atoms with E-state index < -0.39 is 4.92 Å². The van der Waals surface area contributed by atoms with Crippen LogP contribution in [-0.2, 0) is 0 Å². The molecule has 2 heterocycles. The number of rotatable bonds is 3. The molecule has 0 saturated heterocycles. The van der Waals surface area contributed by atoms with Crippen molar-refractivity contribution in [3.8, 4) is 0 Å². The van der Waals surface area contributed by atoms with Gasteiger partial charge in [-0.3, -0.25) is 15.2 Å². The smallest absolute Gasteiger partial charge is 0.288 e. The minimum atomic E-state index is -0.474. The number of nitrogens with one attached hydrogen (secondary N) is 2. The Balaban J connectivity index is 2.51. The molecule has 0 aliphatic carbocycles. The van der Waals surface area contributed by atoms with Crippen LogP contribution in [0.5, 0.6) is 0 Å². The number of H-pyrrole nitrogens is 1. The van der Waals surface area contributed by atoms with Gasteiger partial charge in [-0.2, -0.15) is 5.10 Å². The first-order chi connectivity index (χ1) is 7.58. The summed E-state index contributed by atoms with van der Waals surface area (Å²) in [7, 11) is 0. The molecule has 2 aromatic rings. The Morgan fingerprint density at radius 2 is 2.31 bits per heavy atom. The Bertz CT molecular complexity index is 534. The van der Waals surface area contributed by atoms with Crippen LogP contribution < -0.4 is 5.32 Å². The van der Waals surface area contributed by atoms with Crippen LogP contribution >= 0.6 is 0 Å². The van der Waals surface area contributed by atoms with Crippen molar-refractivity contribution in [3.05, 3.63) is 22.4 Å². The molecule has 0 spiro atoms. The zero-order chi connectivity index (χ0) is 11.7. The maximum atomic E-state index is 10.6. The Labute approximate surface area is 91.0 Å². The number of nitro groups is 1. The number of anilines is 1. The third-order valence-electron chi connectivity index (χ3n) is 2.04. The molecule has 0 unspecified atom stereocenters. The summed E-state index contributed by atoms with van der Waals surface area (Å²) in [6.45, 7) is 3.93. The standard InChI is InChI=1S/C9H11N5O2/c1-5(2)11-9-7-3-6(14(15)16)4-10-8(7)12-13-9/h3-5H,1-2H3,(H2,10,11,12,13). The second-order valence-electron chi connectivity index (χ2n) is 3.72. The van der Waals surface area contributed by atoms with Gasteiger partial charge in [0.25, 0.3) is 5.69 Å². The highest BCUT2D eigenvalue weighted by Crippen LogP contribution is 2.23. The van der Waals surface area contributed by atoms with Crippen LogP contribution in [0.4, 0.5) is 11.5 Å². The molecule has 0 bridgehead atoms.